The summed E-state index contributed by atoms with van der Waals surface area (Å²) >= 11 is 5.88. The molecule has 10 nitrogen and oxygen atoms in total. The molecule has 0 radical (unpaired) electrons. The van der Waals surface area contributed by atoms with Crippen LogP contribution in [0, 0.1) is 11.3 Å². The van der Waals surface area contributed by atoms with Crippen molar-refractivity contribution in [1.82, 2.24) is 20.3 Å². The number of anilines is 1. The number of sulfonamides is 1. The number of rotatable bonds is 4. The predicted octanol–water partition coefficient (Wildman–Crippen LogP) is 0.223. The number of nitriles is 1. The number of halogens is 1. The maximum Gasteiger partial charge on any atom is 0.336 e. The molecule has 4 N–H and O–H groups in total. The van der Waals surface area contributed by atoms with Gasteiger partial charge in [-0.05, 0) is 32.0 Å². The Balaban J connectivity index is 1.69. The van der Waals surface area contributed by atoms with Gasteiger partial charge in [-0.15, -0.1) is 0 Å². The van der Waals surface area contributed by atoms with E-state index in [2.05, 4.69) is 27.3 Å². The van der Waals surface area contributed by atoms with E-state index in [0.717, 1.165) is 0 Å². The summed E-state index contributed by atoms with van der Waals surface area (Å²) in [5.41, 5.74) is 0.114. The van der Waals surface area contributed by atoms with Crippen LogP contribution in [-0.2, 0) is 14.8 Å². The van der Waals surface area contributed by atoms with Crippen molar-refractivity contribution >= 4 is 39.2 Å². The minimum atomic E-state index is -4.22. The van der Waals surface area contributed by atoms with Crippen LogP contribution in [0.25, 0.3) is 0 Å². The van der Waals surface area contributed by atoms with Crippen molar-refractivity contribution in [3.8, 4) is 6.07 Å². The van der Waals surface area contributed by atoms with Crippen molar-refractivity contribution in [2.24, 2.45) is 0 Å². The molecule has 2 aliphatic heterocycles. The first-order valence-electron chi connectivity index (χ1n) is 8.95. The van der Waals surface area contributed by atoms with Crippen molar-refractivity contribution in [3.63, 3.8) is 0 Å². The molecule has 0 aromatic heterocycles. The lowest BCUT2D eigenvalue weighted by Crippen LogP contribution is -2.65. The maximum absolute atomic E-state index is 12.8. The third-order valence-corrected chi connectivity index (χ3v) is 6.91. The first-order chi connectivity index (χ1) is 13.6. The Morgan fingerprint density at radius 1 is 1.48 bits per heavy atom. The van der Waals surface area contributed by atoms with E-state index in [4.69, 9.17) is 16.9 Å². The van der Waals surface area contributed by atoms with Gasteiger partial charge in [-0.25, -0.2) is 17.5 Å². The SMILES string of the molecule is CC1NC(C#N)CNC1[C@H](C)NC(=O)CN1C(=O)Nc2ccc(Cl)cc2S1(=O)=O. The number of urea groups is 1. The molecular weight excluding hydrogens is 420 g/mol. The van der Waals surface area contributed by atoms with Crippen LogP contribution in [0.2, 0.25) is 5.02 Å². The summed E-state index contributed by atoms with van der Waals surface area (Å²) in [4.78, 5) is 24.6. The number of nitrogens with one attached hydrogen (secondary N) is 4. The van der Waals surface area contributed by atoms with Crippen molar-refractivity contribution in [2.75, 3.05) is 18.4 Å². The van der Waals surface area contributed by atoms with E-state index in [1.165, 1.54) is 18.2 Å². The molecule has 4 atom stereocenters. The maximum atomic E-state index is 12.8. The van der Waals surface area contributed by atoms with Gasteiger partial charge in [0.1, 0.15) is 17.5 Å². The number of benzene rings is 1. The molecule has 1 aromatic carbocycles. The Bertz CT molecular complexity index is 979. The first-order valence-corrected chi connectivity index (χ1v) is 10.8. The van der Waals surface area contributed by atoms with Gasteiger partial charge >= 0.3 is 6.03 Å². The second-order valence-corrected chi connectivity index (χ2v) is 9.28. The highest BCUT2D eigenvalue weighted by Crippen LogP contribution is 2.32. The van der Waals surface area contributed by atoms with Gasteiger partial charge in [0.25, 0.3) is 10.0 Å². The minimum Gasteiger partial charge on any atom is -0.350 e. The zero-order valence-electron chi connectivity index (χ0n) is 15.8. The van der Waals surface area contributed by atoms with Crippen LogP contribution in [0.1, 0.15) is 13.8 Å². The normalized spacial score (nSPS) is 26.6. The van der Waals surface area contributed by atoms with Crippen LogP contribution in [-0.4, -0.2) is 61.9 Å². The Kier molecular flexibility index (Phi) is 6.00. The summed E-state index contributed by atoms with van der Waals surface area (Å²) < 4.78 is 26.1. The second-order valence-electron chi connectivity index (χ2n) is 7.01. The molecule has 1 saturated heterocycles. The highest BCUT2D eigenvalue weighted by Gasteiger charge is 2.39. The molecule has 0 aliphatic carbocycles. The molecule has 2 heterocycles. The van der Waals surface area contributed by atoms with Gasteiger partial charge in [-0.3, -0.25) is 10.1 Å². The summed E-state index contributed by atoms with van der Waals surface area (Å²) in [5.74, 6) is -0.627. The zero-order valence-corrected chi connectivity index (χ0v) is 17.3. The van der Waals surface area contributed by atoms with Crippen LogP contribution in [0.4, 0.5) is 10.5 Å². The van der Waals surface area contributed by atoms with Crippen molar-refractivity contribution in [2.45, 2.75) is 42.9 Å². The van der Waals surface area contributed by atoms with Gasteiger partial charge in [-0.2, -0.15) is 5.26 Å². The van der Waals surface area contributed by atoms with Crippen LogP contribution in [0.15, 0.2) is 23.1 Å². The largest absolute Gasteiger partial charge is 0.350 e. The van der Waals surface area contributed by atoms with Gasteiger partial charge in [0.2, 0.25) is 5.91 Å². The van der Waals surface area contributed by atoms with E-state index >= 15 is 0 Å². The summed E-state index contributed by atoms with van der Waals surface area (Å²) in [6.45, 7) is 3.40. The molecule has 156 valence electrons. The molecule has 12 heteroatoms. The lowest BCUT2D eigenvalue weighted by Gasteiger charge is -2.38. The van der Waals surface area contributed by atoms with E-state index in [1.54, 1.807) is 6.92 Å². The third kappa shape index (κ3) is 4.30. The highest BCUT2D eigenvalue weighted by atomic mass is 35.5. The molecule has 1 aromatic rings. The van der Waals surface area contributed by atoms with E-state index < -0.39 is 28.5 Å². The Morgan fingerprint density at radius 3 is 2.86 bits per heavy atom. The number of piperazine rings is 1. The third-order valence-electron chi connectivity index (χ3n) is 4.91. The molecule has 29 heavy (non-hydrogen) atoms. The molecule has 3 rings (SSSR count). The molecule has 1 fully saturated rings. The number of fused-ring (bicyclic) bond motifs is 1. The molecule has 0 spiro atoms. The average Bonchev–Trinajstić information content (AvgIpc) is 2.65. The summed E-state index contributed by atoms with van der Waals surface area (Å²) in [7, 11) is -4.22. The quantitative estimate of drug-likeness (QED) is 0.524. The van der Waals surface area contributed by atoms with Crippen molar-refractivity contribution < 1.29 is 18.0 Å². The van der Waals surface area contributed by atoms with Gasteiger partial charge in [0, 0.05) is 29.7 Å². The van der Waals surface area contributed by atoms with Gasteiger partial charge in [0.05, 0.1) is 11.8 Å². The van der Waals surface area contributed by atoms with Gasteiger partial charge < -0.3 is 16.0 Å². The fourth-order valence-corrected chi connectivity index (χ4v) is 5.20. The number of carbonyl (C=O) groups is 2. The monoisotopic (exact) mass is 440 g/mol. The van der Waals surface area contributed by atoms with Gasteiger partial charge in [0.15, 0.2) is 0 Å². The summed E-state index contributed by atoms with van der Waals surface area (Å²) in [6, 6.07) is 4.33. The molecule has 0 saturated carbocycles. The number of carbonyl (C=O) groups excluding carboxylic acids is 2. The fourth-order valence-electron chi connectivity index (χ4n) is 3.50. The molecular formula is C17H21ClN6O4S. The number of hydrogen-bond acceptors (Lipinski definition) is 7. The second kappa shape index (κ2) is 8.16. The Morgan fingerprint density at radius 2 is 2.21 bits per heavy atom. The Hall–Kier alpha value is -2.39. The average molecular weight is 441 g/mol. The standard InChI is InChI=1S/C17H21ClN6O4S/c1-9-16(20-7-12(6-19)21-9)10(2)22-15(25)8-24-17(26)23-13-4-3-11(18)5-14(13)29(24,27)28/h3-5,9-10,12,16,20-21H,7-8H2,1-2H3,(H,22,25)(H,23,26)/t9?,10-,12?,16?/m0/s1. The Labute approximate surface area is 173 Å². The number of nitrogens with zero attached hydrogens (tertiary/aromatic N) is 2. The number of hydrogen-bond donors (Lipinski definition) is 4. The number of amides is 3. The topological polar surface area (TPSA) is 143 Å². The molecule has 0 bridgehead atoms. The van der Waals surface area contributed by atoms with Crippen LogP contribution < -0.4 is 21.3 Å². The van der Waals surface area contributed by atoms with E-state index in [0.29, 0.717) is 10.8 Å². The minimum absolute atomic E-state index is 0.0975. The smallest absolute Gasteiger partial charge is 0.336 e. The van der Waals surface area contributed by atoms with Gasteiger partial charge in [-0.1, -0.05) is 11.6 Å². The predicted molar refractivity (Wildman–Crippen MR) is 106 cm³/mol. The summed E-state index contributed by atoms with van der Waals surface area (Å²) in [6.07, 6.45) is 0. The summed E-state index contributed by atoms with van der Waals surface area (Å²) in [5, 5.41) is 20.7. The van der Waals surface area contributed by atoms with E-state index in [1.807, 2.05) is 6.92 Å². The fraction of sp³-hybridized carbons (Fsp3) is 0.471. The van der Waals surface area contributed by atoms with Crippen LogP contribution >= 0.6 is 11.6 Å². The molecule has 3 amide bonds. The van der Waals surface area contributed by atoms with Crippen molar-refractivity contribution in [1.29, 1.82) is 5.26 Å². The van der Waals surface area contributed by atoms with Crippen LogP contribution in [0.5, 0.6) is 0 Å². The zero-order chi connectivity index (χ0) is 21.3. The lowest BCUT2D eigenvalue weighted by molar-refractivity contribution is -0.121. The molecule has 2 aliphatic rings. The van der Waals surface area contributed by atoms with Crippen LogP contribution in [0.3, 0.4) is 0 Å². The first kappa shape index (κ1) is 21.3. The van der Waals surface area contributed by atoms with Crippen molar-refractivity contribution in [3.05, 3.63) is 23.2 Å². The lowest BCUT2D eigenvalue weighted by atomic mass is 9.98. The van der Waals surface area contributed by atoms with E-state index in [9.17, 15) is 18.0 Å². The molecule has 3 unspecified atom stereocenters. The van der Waals surface area contributed by atoms with E-state index in [-0.39, 0.29) is 39.8 Å². The highest BCUT2D eigenvalue weighted by molar-refractivity contribution is 7.90.